The Kier molecular flexibility index (Phi) is 3.86. The number of nitro groups is 1. The average Bonchev–Trinajstić information content (AvgIpc) is 2.81. The number of hydrogen-bond acceptors (Lipinski definition) is 4. The van der Waals surface area contributed by atoms with E-state index >= 15 is 0 Å². The third kappa shape index (κ3) is 2.81. The van der Waals surface area contributed by atoms with Crippen LogP contribution in [0.15, 0.2) is 23.1 Å². The first-order chi connectivity index (χ1) is 8.58. The minimum absolute atomic E-state index is 0.254. The molecule has 2 rings (SSSR count). The highest BCUT2D eigenvalue weighted by molar-refractivity contribution is 8.00. The van der Waals surface area contributed by atoms with Crippen molar-refractivity contribution in [2.24, 2.45) is 0 Å². The van der Waals surface area contributed by atoms with Gasteiger partial charge in [0.25, 0.3) is 5.69 Å². The monoisotopic (exact) mass is 267 g/mol. The topological polar surface area (TPSA) is 80.4 Å². The van der Waals surface area contributed by atoms with Gasteiger partial charge in [0, 0.05) is 16.2 Å². The third-order valence-corrected chi connectivity index (χ3v) is 4.33. The second kappa shape index (κ2) is 5.39. The fourth-order valence-electron chi connectivity index (χ4n) is 2.12. The summed E-state index contributed by atoms with van der Waals surface area (Å²) in [4.78, 5) is 21.9. The van der Waals surface area contributed by atoms with Gasteiger partial charge < -0.3 is 5.11 Å². The Labute approximate surface area is 108 Å². The van der Waals surface area contributed by atoms with Gasteiger partial charge >= 0.3 is 5.97 Å². The van der Waals surface area contributed by atoms with Crippen molar-refractivity contribution in [3.63, 3.8) is 0 Å². The molecule has 1 aliphatic carbocycles. The maximum atomic E-state index is 10.9. The molecule has 0 heterocycles. The molecule has 0 aliphatic heterocycles. The lowest BCUT2D eigenvalue weighted by molar-refractivity contribution is -0.385. The number of carboxylic acid groups (broad SMARTS) is 1. The molecule has 1 N–H and O–H groups in total. The van der Waals surface area contributed by atoms with Crippen LogP contribution < -0.4 is 0 Å². The zero-order valence-corrected chi connectivity index (χ0v) is 10.5. The van der Waals surface area contributed by atoms with Crippen molar-refractivity contribution in [2.45, 2.75) is 35.8 Å². The van der Waals surface area contributed by atoms with Gasteiger partial charge in [-0.25, -0.2) is 4.79 Å². The highest BCUT2D eigenvalue weighted by Gasteiger charge is 2.22. The van der Waals surface area contributed by atoms with Crippen molar-refractivity contribution in [3.8, 4) is 0 Å². The molecule has 6 heteroatoms. The smallest absolute Gasteiger partial charge is 0.342 e. The van der Waals surface area contributed by atoms with Crippen LogP contribution in [0.2, 0.25) is 0 Å². The van der Waals surface area contributed by atoms with Gasteiger partial charge in [-0.1, -0.05) is 12.8 Å². The molecular formula is C12H13NO4S. The molecule has 1 aliphatic rings. The number of hydrogen-bond donors (Lipinski definition) is 1. The van der Waals surface area contributed by atoms with E-state index in [2.05, 4.69) is 0 Å². The second-order valence-electron chi connectivity index (χ2n) is 4.27. The van der Waals surface area contributed by atoms with Gasteiger partial charge in [0.15, 0.2) is 0 Å². The van der Waals surface area contributed by atoms with Gasteiger partial charge in [-0.15, -0.1) is 11.8 Å². The van der Waals surface area contributed by atoms with Crippen LogP contribution in [0, 0.1) is 10.1 Å². The zero-order chi connectivity index (χ0) is 13.1. The van der Waals surface area contributed by atoms with Crippen molar-refractivity contribution < 1.29 is 14.8 Å². The Hall–Kier alpha value is -1.56. The lowest BCUT2D eigenvalue weighted by Crippen LogP contribution is -2.03. The Balaban J connectivity index is 2.24. The molecule has 1 fully saturated rings. The molecule has 1 aromatic carbocycles. The van der Waals surface area contributed by atoms with E-state index < -0.39 is 10.9 Å². The van der Waals surface area contributed by atoms with E-state index in [0.717, 1.165) is 17.7 Å². The predicted molar refractivity (Wildman–Crippen MR) is 68.2 cm³/mol. The van der Waals surface area contributed by atoms with Crippen molar-refractivity contribution in [1.82, 2.24) is 0 Å². The summed E-state index contributed by atoms with van der Waals surface area (Å²) in [5.41, 5.74) is -0.582. The van der Waals surface area contributed by atoms with Crippen molar-refractivity contribution in [1.29, 1.82) is 0 Å². The highest BCUT2D eigenvalue weighted by Crippen LogP contribution is 2.36. The van der Waals surface area contributed by atoms with Gasteiger partial charge in [0.05, 0.1) is 4.92 Å². The lowest BCUT2D eigenvalue weighted by atomic mass is 10.2. The quantitative estimate of drug-likeness (QED) is 0.668. The normalized spacial score (nSPS) is 15.8. The number of benzene rings is 1. The minimum Gasteiger partial charge on any atom is -0.477 e. The third-order valence-electron chi connectivity index (χ3n) is 3.00. The van der Waals surface area contributed by atoms with Crippen molar-refractivity contribution >= 4 is 23.4 Å². The maximum absolute atomic E-state index is 10.9. The fourth-order valence-corrected chi connectivity index (χ4v) is 3.40. The summed E-state index contributed by atoms with van der Waals surface area (Å²) in [6.07, 6.45) is 4.65. The van der Waals surface area contributed by atoms with Crippen molar-refractivity contribution in [3.05, 3.63) is 33.9 Å². The standard InChI is InChI=1S/C12H13NO4S/c14-12(15)10-6-5-9(7-11(10)13(16)17)18-8-3-1-2-4-8/h5-8H,1-4H2,(H,14,15). The number of carboxylic acids is 1. The first-order valence-corrected chi connectivity index (χ1v) is 6.64. The van der Waals surface area contributed by atoms with E-state index in [-0.39, 0.29) is 11.3 Å². The molecule has 0 radical (unpaired) electrons. The van der Waals surface area contributed by atoms with Gasteiger partial charge in [0.1, 0.15) is 5.56 Å². The fraction of sp³-hybridized carbons (Fsp3) is 0.417. The van der Waals surface area contributed by atoms with Crippen LogP contribution in [-0.2, 0) is 0 Å². The number of rotatable bonds is 4. The van der Waals surface area contributed by atoms with Crippen LogP contribution in [-0.4, -0.2) is 21.2 Å². The summed E-state index contributed by atoms with van der Waals surface area (Å²) >= 11 is 1.61. The Morgan fingerprint density at radius 1 is 1.39 bits per heavy atom. The first kappa shape index (κ1) is 12.9. The first-order valence-electron chi connectivity index (χ1n) is 5.76. The van der Waals surface area contributed by atoms with E-state index in [1.54, 1.807) is 17.8 Å². The van der Waals surface area contributed by atoms with E-state index in [9.17, 15) is 14.9 Å². The largest absolute Gasteiger partial charge is 0.477 e. The molecular weight excluding hydrogens is 254 g/mol. The number of aromatic carboxylic acids is 1. The molecule has 5 nitrogen and oxygen atoms in total. The van der Waals surface area contributed by atoms with Gasteiger partial charge in [0.2, 0.25) is 0 Å². The van der Waals surface area contributed by atoms with E-state index in [0.29, 0.717) is 5.25 Å². The van der Waals surface area contributed by atoms with Crippen LogP contribution in [0.5, 0.6) is 0 Å². The Morgan fingerprint density at radius 2 is 2.06 bits per heavy atom. The van der Waals surface area contributed by atoms with Crippen molar-refractivity contribution in [2.75, 3.05) is 0 Å². The molecule has 18 heavy (non-hydrogen) atoms. The van der Waals surface area contributed by atoms with Crippen LogP contribution in [0.4, 0.5) is 5.69 Å². The molecule has 0 saturated heterocycles. The van der Waals surface area contributed by atoms with Crippen LogP contribution >= 0.6 is 11.8 Å². The molecule has 0 unspecified atom stereocenters. The summed E-state index contributed by atoms with van der Waals surface area (Å²) in [7, 11) is 0. The number of nitrogens with zero attached hydrogens (tertiary/aromatic N) is 1. The molecule has 0 aromatic heterocycles. The average molecular weight is 267 g/mol. The summed E-state index contributed by atoms with van der Waals surface area (Å²) < 4.78 is 0. The second-order valence-corrected chi connectivity index (χ2v) is 5.64. The van der Waals surface area contributed by atoms with Crippen LogP contribution in [0.1, 0.15) is 36.0 Å². The van der Waals surface area contributed by atoms with E-state index in [1.807, 2.05) is 0 Å². The Bertz CT molecular complexity index is 483. The number of carbonyl (C=O) groups is 1. The van der Waals surface area contributed by atoms with Gasteiger partial charge in [-0.3, -0.25) is 10.1 Å². The molecule has 0 spiro atoms. The SMILES string of the molecule is O=C(O)c1ccc(SC2CCCC2)cc1[N+](=O)[O-]. The molecule has 1 saturated carbocycles. The van der Waals surface area contributed by atoms with E-state index in [1.165, 1.54) is 25.0 Å². The maximum Gasteiger partial charge on any atom is 0.342 e. The van der Waals surface area contributed by atoms with Gasteiger partial charge in [-0.2, -0.15) is 0 Å². The lowest BCUT2D eigenvalue weighted by Gasteiger charge is -2.08. The molecule has 0 amide bonds. The van der Waals surface area contributed by atoms with Gasteiger partial charge in [-0.05, 0) is 25.0 Å². The summed E-state index contributed by atoms with van der Waals surface area (Å²) in [6, 6.07) is 4.34. The molecule has 1 aromatic rings. The highest BCUT2D eigenvalue weighted by atomic mass is 32.2. The van der Waals surface area contributed by atoms with Crippen LogP contribution in [0.25, 0.3) is 0 Å². The van der Waals surface area contributed by atoms with Crippen LogP contribution in [0.3, 0.4) is 0 Å². The summed E-state index contributed by atoms with van der Waals surface area (Å²) in [6.45, 7) is 0. The number of nitro benzene ring substituents is 1. The predicted octanol–water partition coefficient (Wildman–Crippen LogP) is 3.33. The molecule has 0 bridgehead atoms. The van der Waals surface area contributed by atoms with E-state index in [4.69, 9.17) is 5.11 Å². The Morgan fingerprint density at radius 3 is 2.61 bits per heavy atom. The summed E-state index contributed by atoms with van der Waals surface area (Å²) in [5, 5.41) is 20.2. The minimum atomic E-state index is -1.26. The number of thioether (sulfide) groups is 1. The molecule has 0 atom stereocenters. The zero-order valence-electron chi connectivity index (χ0n) is 9.67. The molecule has 96 valence electrons. The summed E-state index contributed by atoms with van der Waals surface area (Å²) in [5.74, 6) is -1.26.